The maximum absolute atomic E-state index is 12.4. The van der Waals surface area contributed by atoms with E-state index in [0.29, 0.717) is 27.6 Å². The van der Waals surface area contributed by atoms with Crippen molar-refractivity contribution in [1.82, 2.24) is 19.9 Å². The summed E-state index contributed by atoms with van der Waals surface area (Å²) in [7, 11) is 0. The minimum absolute atomic E-state index is 0.0988. The van der Waals surface area contributed by atoms with Crippen LogP contribution in [0.4, 0.5) is 5.69 Å². The second kappa shape index (κ2) is 8.70. The van der Waals surface area contributed by atoms with Gasteiger partial charge in [0.05, 0.1) is 21.6 Å². The molecule has 2 aromatic heterocycles. The maximum atomic E-state index is 12.4. The molecule has 0 saturated carbocycles. The molecule has 4 rings (SSSR count). The van der Waals surface area contributed by atoms with E-state index >= 15 is 0 Å². The van der Waals surface area contributed by atoms with Gasteiger partial charge < -0.3 is 9.72 Å². The Labute approximate surface area is 174 Å². The zero-order valence-electron chi connectivity index (χ0n) is 15.5. The van der Waals surface area contributed by atoms with E-state index in [1.54, 1.807) is 12.3 Å². The van der Waals surface area contributed by atoms with Crippen molar-refractivity contribution in [2.45, 2.75) is 17.3 Å². The van der Waals surface area contributed by atoms with Gasteiger partial charge in [0, 0.05) is 11.8 Å². The number of nitro groups is 1. The molecule has 4 aromatic rings. The highest BCUT2D eigenvalue weighted by Gasteiger charge is 2.19. The Hall–Kier alpha value is -3.79. The number of aromatic amines is 1. The fourth-order valence-corrected chi connectivity index (χ4v) is 3.70. The molecule has 0 unspecified atom stereocenters. The van der Waals surface area contributed by atoms with E-state index in [1.807, 2.05) is 30.3 Å². The van der Waals surface area contributed by atoms with Crippen LogP contribution < -0.4 is 0 Å². The van der Waals surface area contributed by atoms with E-state index in [4.69, 9.17) is 4.74 Å². The van der Waals surface area contributed by atoms with Crippen LogP contribution in [0.5, 0.6) is 0 Å². The maximum Gasteiger partial charge on any atom is 0.338 e. The molecule has 0 aliphatic carbocycles. The highest BCUT2D eigenvalue weighted by atomic mass is 32.2. The lowest BCUT2D eigenvalue weighted by atomic mass is 10.2. The Morgan fingerprint density at radius 3 is 2.80 bits per heavy atom. The summed E-state index contributed by atoms with van der Waals surface area (Å²) in [6, 6.07) is 14.0. The minimum atomic E-state index is -0.677. The van der Waals surface area contributed by atoms with Crippen LogP contribution in [0.2, 0.25) is 0 Å². The third-order valence-electron chi connectivity index (χ3n) is 4.18. The van der Waals surface area contributed by atoms with Gasteiger partial charge in [0.15, 0.2) is 5.65 Å². The molecule has 2 aromatic carbocycles. The van der Waals surface area contributed by atoms with Gasteiger partial charge in [-0.3, -0.25) is 10.1 Å². The molecule has 1 N–H and O–H groups in total. The van der Waals surface area contributed by atoms with E-state index in [9.17, 15) is 14.9 Å². The number of nitrogens with one attached hydrogen (secondary N) is 1. The quantitative estimate of drug-likeness (QED) is 0.206. The standard InChI is InChI=1S/C20H15N5O4S/c26-20(29-10-18-23-15-9-21-12-22-19(15)24-18)14-6-7-17(16(8-14)25(27)28)30-11-13-4-2-1-3-5-13/h1-9,12H,10-11H2,(H,21,22,23,24). The number of imidazole rings is 1. The predicted molar refractivity (Wildman–Crippen MR) is 110 cm³/mol. The number of fused-ring (bicyclic) bond motifs is 1. The van der Waals surface area contributed by atoms with Gasteiger partial charge in [-0.05, 0) is 17.7 Å². The topological polar surface area (TPSA) is 124 Å². The van der Waals surface area contributed by atoms with Crippen molar-refractivity contribution in [2.24, 2.45) is 0 Å². The summed E-state index contributed by atoms with van der Waals surface area (Å²) in [5.74, 6) is 0.313. The number of aromatic nitrogens is 4. The zero-order chi connectivity index (χ0) is 20.9. The smallest absolute Gasteiger partial charge is 0.338 e. The molecule has 0 saturated heterocycles. The minimum Gasteiger partial charge on any atom is -0.454 e. The van der Waals surface area contributed by atoms with Crippen LogP contribution in [-0.2, 0) is 17.1 Å². The van der Waals surface area contributed by atoms with Crippen molar-refractivity contribution in [3.8, 4) is 0 Å². The molecule has 0 radical (unpaired) electrons. The number of thioether (sulfide) groups is 1. The van der Waals surface area contributed by atoms with E-state index in [1.165, 1.54) is 30.2 Å². The molecule has 30 heavy (non-hydrogen) atoms. The Kier molecular flexibility index (Phi) is 5.66. The number of hydrogen-bond donors (Lipinski definition) is 1. The summed E-state index contributed by atoms with van der Waals surface area (Å²) >= 11 is 1.34. The molecule has 0 aliphatic rings. The fourth-order valence-electron chi connectivity index (χ4n) is 2.74. The number of benzene rings is 2. The first-order valence-corrected chi connectivity index (χ1v) is 9.85. The van der Waals surface area contributed by atoms with Crippen molar-refractivity contribution in [2.75, 3.05) is 0 Å². The van der Waals surface area contributed by atoms with Gasteiger partial charge in [0.1, 0.15) is 24.3 Å². The SMILES string of the molecule is O=C(OCc1nc2ncncc2[nH]1)c1ccc(SCc2ccccc2)c([N+](=O)[O-])c1. The first-order valence-electron chi connectivity index (χ1n) is 8.87. The molecule has 10 heteroatoms. The number of nitro benzene ring substituents is 1. The van der Waals surface area contributed by atoms with Crippen molar-refractivity contribution in [3.05, 3.63) is 88.1 Å². The van der Waals surface area contributed by atoms with Gasteiger partial charge in [0.25, 0.3) is 5.69 Å². The zero-order valence-corrected chi connectivity index (χ0v) is 16.3. The molecule has 9 nitrogen and oxygen atoms in total. The number of nitrogens with zero attached hydrogens (tertiary/aromatic N) is 4. The lowest BCUT2D eigenvalue weighted by Gasteiger charge is -2.06. The molecular formula is C20H15N5O4S. The molecule has 150 valence electrons. The number of esters is 1. The van der Waals surface area contributed by atoms with Crippen molar-refractivity contribution in [1.29, 1.82) is 0 Å². The lowest BCUT2D eigenvalue weighted by Crippen LogP contribution is -2.07. The van der Waals surface area contributed by atoms with Crippen LogP contribution in [0.25, 0.3) is 11.2 Å². The van der Waals surface area contributed by atoms with Gasteiger partial charge in [0.2, 0.25) is 0 Å². The summed E-state index contributed by atoms with van der Waals surface area (Å²) in [4.78, 5) is 38.9. The number of ether oxygens (including phenoxy) is 1. The first kappa shape index (κ1) is 19.5. The van der Waals surface area contributed by atoms with Gasteiger partial charge in [-0.25, -0.2) is 19.7 Å². The van der Waals surface area contributed by atoms with Crippen LogP contribution in [0, 0.1) is 10.1 Å². The third-order valence-corrected chi connectivity index (χ3v) is 5.31. The van der Waals surface area contributed by atoms with Gasteiger partial charge >= 0.3 is 5.97 Å². The second-order valence-corrected chi connectivity index (χ2v) is 7.25. The van der Waals surface area contributed by atoms with E-state index < -0.39 is 10.9 Å². The number of carbonyl (C=O) groups excluding carboxylic acids is 1. The summed E-state index contributed by atoms with van der Waals surface area (Å²) in [6.45, 7) is -0.118. The molecule has 0 atom stereocenters. The molecule has 0 bridgehead atoms. The van der Waals surface area contributed by atoms with Crippen LogP contribution in [0.15, 0.2) is 66.0 Å². The van der Waals surface area contributed by atoms with E-state index in [2.05, 4.69) is 19.9 Å². The predicted octanol–water partition coefficient (Wildman–Crippen LogP) is 3.91. The number of rotatable bonds is 7. The number of H-pyrrole nitrogens is 1. The first-order chi connectivity index (χ1) is 14.6. The number of hydrogen-bond acceptors (Lipinski definition) is 8. The van der Waals surface area contributed by atoms with Crippen LogP contribution >= 0.6 is 11.8 Å². The van der Waals surface area contributed by atoms with Crippen molar-refractivity contribution < 1.29 is 14.5 Å². The largest absolute Gasteiger partial charge is 0.454 e. The van der Waals surface area contributed by atoms with E-state index in [0.717, 1.165) is 5.56 Å². The molecule has 0 amide bonds. The summed E-state index contributed by atoms with van der Waals surface area (Å²) in [6.07, 6.45) is 2.94. The molecule has 0 spiro atoms. The van der Waals surface area contributed by atoms with Crippen molar-refractivity contribution >= 4 is 34.6 Å². The van der Waals surface area contributed by atoms with Crippen LogP contribution in [0.3, 0.4) is 0 Å². The van der Waals surface area contributed by atoms with Gasteiger partial charge in [-0.1, -0.05) is 30.3 Å². The highest BCUT2D eigenvalue weighted by molar-refractivity contribution is 7.98. The molecule has 2 heterocycles. The van der Waals surface area contributed by atoms with E-state index in [-0.39, 0.29) is 17.9 Å². The molecule has 0 aliphatic heterocycles. The average molecular weight is 421 g/mol. The highest BCUT2D eigenvalue weighted by Crippen LogP contribution is 2.32. The molecular weight excluding hydrogens is 406 g/mol. The van der Waals surface area contributed by atoms with Crippen LogP contribution in [-0.4, -0.2) is 30.8 Å². The second-order valence-electron chi connectivity index (χ2n) is 6.23. The lowest BCUT2D eigenvalue weighted by molar-refractivity contribution is -0.387. The van der Waals surface area contributed by atoms with Gasteiger partial charge in [-0.15, -0.1) is 11.8 Å². The Bertz CT molecular complexity index is 1180. The Balaban J connectivity index is 1.45. The normalized spacial score (nSPS) is 10.8. The summed E-state index contributed by atoms with van der Waals surface area (Å²) in [5.41, 5.74) is 2.10. The number of carbonyl (C=O) groups is 1. The third kappa shape index (κ3) is 4.44. The Morgan fingerprint density at radius 1 is 1.20 bits per heavy atom. The van der Waals surface area contributed by atoms with Gasteiger partial charge in [-0.2, -0.15) is 0 Å². The monoisotopic (exact) mass is 421 g/mol. The average Bonchev–Trinajstić information content (AvgIpc) is 3.19. The Morgan fingerprint density at radius 2 is 2.03 bits per heavy atom. The summed E-state index contributed by atoms with van der Waals surface area (Å²) in [5, 5.41) is 11.5. The fraction of sp³-hybridized carbons (Fsp3) is 0.100. The molecule has 0 fully saturated rings. The summed E-state index contributed by atoms with van der Waals surface area (Å²) < 4.78 is 5.24. The van der Waals surface area contributed by atoms with Crippen LogP contribution in [0.1, 0.15) is 21.7 Å². The van der Waals surface area contributed by atoms with Crippen molar-refractivity contribution in [3.63, 3.8) is 0 Å².